The van der Waals surface area contributed by atoms with Crippen molar-refractivity contribution in [1.82, 2.24) is 10.3 Å². The average Bonchev–Trinajstić information content (AvgIpc) is 2.53. The van der Waals surface area contributed by atoms with Crippen LogP contribution < -0.4 is 5.32 Å². The zero-order valence-electron chi connectivity index (χ0n) is 11.0. The predicted molar refractivity (Wildman–Crippen MR) is 73.2 cm³/mol. The fourth-order valence-electron chi connectivity index (χ4n) is 1.66. The molecular weight excluding hydrogens is 275 g/mol. The van der Waals surface area contributed by atoms with Gasteiger partial charge in [-0.15, -0.1) is 0 Å². The third-order valence-electron chi connectivity index (χ3n) is 2.82. The molecule has 2 aromatic rings. The van der Waals surface area contributed by atoms with E-state index in [1.165, 1.54) is 30.5 Å². The summed E-state index contributed by atoms with van der Waals surface area (Å²) in [5.74, 6) is -1.19. The maximum atomic E-state index is 12.7. The molecule has 21 heavy (non-hydrogen) atoms. The number of benzene rings is 1. The number of nitrogens with one attached hydrogen (secondary N) is 1. The molecule has 2 rings (SSSR count). The van der Waals surface area contributed by atoms with Gasteiger partial charge in [-0.25, -0.2) is 4.39 Å². The summed E-state index contributed by atoms with van der Waals surface area (Å²) in [5.41, 5.74) is 1.17. The Hall–Kier alpha value is -2.60. The number of pyridine rings is 1. The number of aliphatic hydroxyl groups excluding tert-OH is 1. The van der Waals surface area contributed by atoms with Gasteiger partial charge < -0.3 is 10.4 Å². The topological polar surface area (TPSA) is 79.3 Å². The first kappa shape index (κ1) is 14.8. The quantitative estimate of drug-likeness (QED) is 0.813. The Balaban J connectivity index is 1.97. The van der Waals surface area contributed by atoms with Crippen molar-refractivity contribution in [2.24, 2.45) is 0 Å². The van der Waals surface area contributed by atoms with Gasteiger partial charge in [-0.1, -0.05) is 12.1 Å². The van der Waals surface area contributed by atoms with Gasteiger partial charge >= 0.3 is 0 Å². The fraction of sp³-hybridized carbons (Fsp3) is 0.133. The monoisotopic (exact) mass is 288 g/mol. The van der Waals surface area contributed by atoms with E-state index >= 15 is 0 Å². The van der Waals surface area contributed by atoms with Crippen molar-refractivity contribution in [3.05, 3.63) is 65.2 Å². The van der Waals surface area contributed by atoms with E-state index in [0.717, 1.165) is 5.56 Å². The van der Waals surface area contributed by atoms with Crippen LogP contribution in [0.4, 0.5) is 4.39 Å². The van der Waals surface area contributed by atoms with Gasteiger partial charge in [0, 0.05) is 12.7 Å². The molecule has 5 nitrogen and oxygen atoms in total. The molecule has 0 spiro atoms. The van der Waals surface area contributed by atoms with Crippen molar-refractivity contribution in [3.63, 3.8) is 0 Å². The molecule has 0 aliphatic heterocycles. The smallest absolute Gasteiger partial charge is 0.253 e. The van der Waals surface area contributed by atoms with Crippen LogP contribution in [0.2, 0.25) is 0 Å². The fourth-order valence-corrected chi connectivity index (χ4v) is 1.66. The molecular formula is C15H13FN2O3. The lowest BCUT2D eigenvalue weighted by Gasteiger charge is -2.05. The average molecular weight is 288 g/mol. The maximum absolute atomic E-state index is 12.7. The first-order chi connectivity index (χ1) is 10.1. The summed E-state index contributed by atoms with van der Waals surface area (Å²) in [4.78, 5) is 26.9. The Morgan fingerprint density at radius 3 is 2.43 bits per heavy atom. The molecule has 0 bridgehead atoms. The van der Waals surface area contributed by atoms with Gasteiger partial charge in [-0.05, 0) is 29.8 Å². The van der Waals surface area contributed by atoms with Gasteiger partial charge in [0.15, 0.2) is 0 Å². The molecule has 108 valence electrons. The SMILES string of the molecule is O=C(NCc1ccc(F)cc1)c1ccc(C(=O)CO)nc1. The van der Waals surface area contributed by atoms with E-state index in [9.17, 15) is 14.0 Å². The second-order valence-corrected chi connectivity index (χ2v) is 4.32. The number of ketones is 1. The molecule has 0 atom stereocenters. The lowest BCUT2D eigenvalue weighted by Crippen LogP contribution is -2.23. The minimum atomic E-state index is -0.622. The summed E-state index contributed by atoms with van der Waals surface area (Å²) in [6.07, 6.45) is 1.27. The Morgan fingerprint density at radius 1 is 1.14 bits per heavy atom. The van der Waals surface area contributed by atoms with E-state index in [1.54, 1.807) is 12.1 Å². The van der Waals surface area contributed by atoms with Crippen LogP contribution in [-0.2, 0) is 6.54 Å². The van der Waals surface area contributed by atoms with Crippen LogP contribution in [0.15, 0.2) is 42.6 Å². The standard InChI is InChI=1S/C15H13FN2O3/c16-12-4-1-10(2-5-12)7-18-15(21)11-3-6-13(17-8-11)14(20)9-19/h1-6,8,19H,7,9H2,(H,18,21). The van der Waals surface area contributed by atoms with Crippen molar-refractivity contribution in [2.45, 2.75) is 6.54 Å². The minimum Gasteiger partial charge on any atom is -0.388 e. The van der Waals surface area contributed by atoms with Crippen molar-refractivity contribution < 1.29 is 19.1 Å². The summed E-state index contributed by atoms with van der Waals surface area (Å²) in [5, 5.41) is 11.4. The molecule has 1 aromatic carbocycles. The molecule has 0 saturated carbocycles. The highest BCUT2D eigenvalue weighted by molar-refractivity contribution is 5.97. The Bertz CT molecular complexity index is 639. The number of hydrogen-bond acceptors (Lipinski definition) is 4. The second kappa shape index (κ2) is 6.71. The third kappa shape index (κ3) is 3.93. The zero-order chi connectivity index (χ0) is 15.2. The summed E-state index contributed by atoms with van der Waals surface area (Å²) in [6, 6.07) is 8.63. The molecule has 0 aliphatic rings. The van der Waals surface area contributed by atoms with E-state index in [-0.39, 0.29) is 24.0 Å². The van der Waals surface area contributed by atoms with Crippen LogP contribution in [0.1, 0.15) is 26.4 Å². The minimum absolute atomic E-state index is 0.104. The van der Waals surface area contributed by atoms with Gasteiger partial charge in [0.05, 0.1) is 5.56 Å². The molecule has 1 heterocycles. The zero-order valence-corrected chi connectivity index (χ0v) is 11.0. The van der Waals surface area contributed by atoms with Crippen LogP contribution in [-0.4, -0.2) is 28.4 Å². The van der Waals surface area contributed by atoms with Crippen LogP contribution in [0.5, 0.6) is 0 Å². The molecule has 0 aliphatic carbocycles. The maximum Gasteiger partial charge on any atom is 0.253 e. The first-order valence-electron chi connectivity index (χ1n) is 6.23. The highest BCUT2D eigenvalue weighted by Gasteiger charge is 2.09. The first-order valence-corrected chi connectivity index (χ1v) is 6.23. The molecule has 0 fully saturated rings. The molecule has 1 amide bonds. The summed E-state index contributed by atoms with van der Waals surface area (Å²) in [6.45, 7) is -0.362. The Morgan fingerprint density at radius 2 is 1.86 bits per heavy atom. The van der Waals surface area contributed by atoms with E-state index in [4.69, 9.17) is 5.11 Å². The van der Waals surface area contributed by atoms with E-state index in [0.29, 0.717) is 5.56 Å². The van der Waals surface area contributed by atoms with Gasteiger partial charge in [0.2, 0.25) is 5.78 Å². The van der Waals surface area contributed by atoms with Crippen LogP contribution in [0.3, 0.4) is 0 Å². The van der Waals surface area contributed by atoms with Crippen LogP contribution >= 0.6 is 0 Å². The highest BCUT2D eigenvalue weighted by atomic mass is 19.1. The van der Waals surface area contributed by atoms with E-state index < -0.39 is 12.4 Å². The lowest BCUT2D eigenvalue weighted by atomic mass is 10.2. The number of carbonyl (C=O) groups excluding carboxylic acids is 2. The number of halogens is 1. The molecule has 0 unspecified atom stereocenters. The van der Waals surface area contributed by atoms with Gasteiger partial charge in [0.25, 0.3) is 5.91 Å². The van der Waals surface area contributed by atoms with Crippen LogP contribution in [0.25, 0.3) is 0 Å². The number of aromatic nitrogens is 1. The van der Waals surface area contributed by atoms with Gasteiger partial charge in [-0.2, -0.15) is 0 Å². The second-order valence-electron chi connectivity index (χ2n) is 4.32. The number of Topliss-reactive ketones (excluding diaryl/α,β-unsaturated/α-hetero) is 1. The number of carbonyl (C=O) groups is 2. The normalized spacial score (nSPS) is 10.2. The highest BCUT2D eigenvalue weighted by Crippen LogP contribution is 2.04. The Kier molecular flexibility index (Phi) is 4.73. The van der Waals surface area contributed by atoms with Crippen molar-refractivity contribution in [2.75, 3.05) is 6.61 Å². The molecule has 0 saturated heterocycles. The summed E-state index contributed by atoms with van der Waals surface area (Å²) in [7, 11) is 0. The lowest BCUT2D eigenvalue weighted by molar-refractivity contribution is 0.0896. The number of rotatable bonds is 5. The number of hydrogen-bond donors (Lipinski definition) is 2. The van der Waals surface area contributed by atoms with Crippen LogP contribution in [0, 0.1) is 5.82 Å². The third-order valence-corrected chi connectivity index (χ3v) is 2.82. The van der Waals surface area contributed by atoms with E-state index in [2.05, 4.69) is 10.3 Å². The molecule has 1 aromatic heterocycles. The van der Waals surface area contributed by atoms with Gasteiger partial charge in [-0.3, -0.25) is 14.6 Å². The number of aliphatic hydroxyl groups is 1. The van der Waals surface area contributed by atoms with Crippen molar-refractivity contribution >= 4 is 11.7 Å². The Labute approximate surface area is 120 Å². The van der Waals surface area contributed by atoms with Crippen molar-refractivity contribution in [3.8, 4) is 0 Å². The predicted octanol–water partition coefficient (Wildman–Crippen LogP) is 1.33. The number of nitrogens with zero attached hydrogens (tertiary/aromatic N) is 1. The molecule has 0 radical (unpaired) electrons. The molecule has 6 heteroatoms. The van der Waals surface area contributed by atoms with Gasteiger partial charge in [0.1, 0.15) is 18.1 Å². The molecule has 2 N–H and O–H groups in total. The van der Waals surface area contributed by atoms with E-state index in [1.807, 2.05) is 0 Å². The summed E-state index contributed by atoms with van der Waals surface area (Å²) < 4.78 is 12.7. The number of amides is 1. The van der Waals surface area contributed by atoms with Crippen molar-refractivity contribution in [1.29, 1.82) is 0 Å². The summed E-state index contributed by atoms with van der Waals surface area (Å²) >= 11 is 0. The largest absolute Gasteiger partial charge is 0.388 e.